The molecule has 0 unspecified atom stereocenters. The van der Waals surface area contributed by atoms with Crippen LogP contribution < -0.4 is 10.5 Å². The van der Waals surface area contributed by atoms with Gasteiger partial charge in [-0.2, -0.15) is 0 Å². The Hall–Kier alpha value is -2.14. The lowest BCUT2D eigenvalue weighted by Gasteiger charge is -2.00. The molecule has 18 heavy (non-hydrogen) atoms. The Morgan fingerprint density at radius 2 is 2.28 bits per heavy atom. The normalized spacial score (nSPS) is 11.3. The highest BCUT2D eigenvalue weighted by atomic mass is 32.2. The molecule has 0 fully saturated rings. The Morgan fingerprint density at radius 3 is 2.78 bits per heavy atom. The van der Waals surface area contributed by atoms with E-state index in [1.807, 2.05) is 0 Å². The maximum Gasteiger partial charge on any atom is 0.304 e. The monoisotopic (exact) mass is 290 g/mol. The SMILES string of the molecule is Nc1sc(S(=O)(=O)Nc2ccon2)cc1[N+](=O)[O-]. The third-order valence-electron chi connectivity index (χ3n) is 1.86. The van der Waals surface area contributed by atoms with Crippen molar-refractivity contribution in [2.45, 2.75) is 4.21 Å². The van der Waals surface area contributed by atoms with Crippen molar-refractivity contribution >= 4 is 37.9 Å². The van der Waals surface area contributed by atoms with E-state index in [1.54, 1.807) is 0 Å². The predicted molar refractivity (Wildman–Crippen MR) is 62.7 cm³/mol. The van der Waals surface area contributed by atoms with E-state index in [0.29, 0.717) is 11.3 Å². The van der Waals surface area contributed by atoms with Crippen molar-refractivity contribution in [1.29, 1.82) is 0 Å². The number of nitrogens with zero attached hydrogens (tertiary/aromatic N) is 2. The van der Waals surface area contributed by atoms with Crippen molar-refractivity contribution in [3.05, 3.63) is 28.5 Å². The second-order valence-corrected chi connectivity index (χ2v) is 6.06. The number of nitro groups is 1. The molecule has 2 aromatic heterocycles. The molecule has 0 aliphatic carbocycles. The minimum atomic E-state index is -3.96. The summed E-state index contributed by atoms with van der Waals surface area (Å²) in [6.45, 7) is 0. The first kappa shape index (κ1) is 12.3. The lowest BCUT2D eigenvalue weighted by atomic mass is 10.5. The molecule has 0 spiro atoms. The van der Waals surface area contributed by atoms with Crippen LogP contribution in [0, 0.1) is 10.1 Å². The molecule has 2 rings (SSSR count). The Balaban J connectivity index is 2.36. The van der Waals surface area contributed by atoms with E-state index in [9.17, 15) is 18.5 Å². The summed E-state index contributed by atoms with van der Waals surface area (Å²) in [7, 11) is -3.96. The summed E-state index contributed by atoms with van der Waals surface area (Å²) in [5.41, 5.74) is 4.92. The summed E-state index contributed by atoms with van der Waals surface area (Å²) in [6, 6.07) is 2.19. The largest absolute Gasteiger partial charge is 0.385 e. The number of nitrogen functional groups attached to an aromatic ring is 1. The van der Waals surface area contributed by atoms with Gasteiger partial charge in [0.1, 0.15) is 10.5 Å². The van der Waals surface area contributed by atoms with Gasteiger partial charge < -0.3 is 10.3 Å². The van der Waals surface area contributed by atoms with Crippen LogP contribution in [-0.4, -0.2) is 18.5 Å². The zero-order valence-corrected chi connectivity index (χ0v) is 10.2. The third kappa shape index (κ3) is 2.26. The van der Waals surface area contributed by atoms with Crippen molar-refractivity contribution in [3.8, 4) is 0 Å². The van der Waals surface area contributed by atoms with Crippen LogP contribution in [0.1, 0.15) is 0 Å². The molecular weight excluding hydrogens is 284 g/mol. The van der Waals surface area contributed by atoms with Gasteiger partial charge in [0.15, 0.2) is 10.8 Å². The molecule has 0 aliphatic rings. The van der Waals surface area contributed by atoms with Gasteiger partial charge in [-0.3, -0.25) is 14.8 Å². The van der Waals surface area contributed by atoms with Crippen LogP contribution in [0.4, 0.5) is 16.5 Å². The first-order valence-electron chi connectivity index (χ1n) is 4.37. The van der Waals surface area contributed by atoms with Crippen LogP contribution in [0.2, 0.25) is 0 Å². The van der Waals surface area contributed by atoms with Gasteiger partial charge in [-0.05, 0) is 0 Å². The molecule has 11 heteroatoms. The van der Waals surface area contributed by atoms with Crippen LogP contribution in [0.15, 0.2) is 27.1 Å². The summed E-state index contributed by atoms with van der Waals surface area (Å²) in [5.74, 6) is -0.0235. The number of hydrogen-bond donors (Lipinski definition) is 2. The van der Waals surface area contributed by atoms with E-state index < -0.39 is 20.6 Å². The summed E-state index contributed by atoms with van der Waals surface area (Å²) >= 11 is 0.599. The van der Waals surface area contributed by atoms with Crippen molar-refractivity contribution in [3.63, 3.8) is 0 Å². The van der Waals surface area contributed by atoms with Crippen molar-refractivity contribution < 1.29 is 17.9 Å². The van der Waals surface area contributed by atoms with E-state index in [4.69, 9.17) is 5.73 Å². The van der Waals surface area contributed by atoms with Gasteiger partial charge in [0, 0.05) is 12.1 Å². The van der Waals surface area contributed by atoms with Crippen molar-refractivity contribution in [1.82, 2.24) is 5.16 Å². The van der Waals surface area contributed by atoms with Gasteiger partial charge in [0.05, 0.1) is 4.92 Å². The predicted octanol–water partition coefficient (Wildman–Crippen LogP) is 1.03. The van der Waals surface area contributed by atoms with Crippen LogP contribution in [0.5, 0.6) is 0 Å². The minimum Gasteiger partial charge on any atom is -0.385 e. The summed E-state index contributed by atoms with van der Waals surface area (Å²) in [4.78, 5) is 9.82. The fourth-order valence-electron chi connectivity index (χ4n) is 1.10. The third-order valence-corrected chi connectivity index (χ3v) is 4.64. The lowest BCUT2D eigenvalue weighted by Crippen LogP contribution is -2.11. The van der Waals surface area contributed by atoms with E-state index in [1.165, 1.54) is 12.3 Å². The van der Waals surface area contributed by atoms with Crippen LogP contribution in [-0.2, 0) is 10.0 Å². The van der Waals surface area contributed by atoms with Crippen LogP contribution >= 0.6 is 11.3 Å². The van der Waals surface area contributed by atoms with Crippen LogP contribution in [0.3, 0.4) is 0 Å². The van der Waals surface area contributed by atoms with E-state index in [-0.39, 0.29) is 15.0 Å². The van der Waals surface area contributed by atoms with Crippen molar-refractivity contribution in [2.75, 3.05) is 10.5 Å². The number of nitrogens with two attached hydrogens (primary N) is 1. The molecule has 2 heterocycles. The summed E-state index contributed by atoms with van der Waals surface area (Å²) < 4.78 is 29.9. The molecule has 96 valence electrons. The van der Waals surface area contributed by atoms with Crippen LogP contribution in [0.25, 0.3) is 0 Å². The van der Waals surface area contributed by atoms with Gasteiger partial charge >= 0.3 is 5.69 Å². The summed E-state index contributed by atoms with van der Waals surface area (Å²) in [5, 5.41) is 13.8. The zero-order chi connectivity index (χ0) is 13.3. The first-order valence-corrected chi connectivity index (χ1v) is 6.67. The topological polar surface area (TPSA) is 141 Å². The molecule has 9 nitrogen and oxygen atoms in total. The molecule has 0 bridgehead atoms. The van der Waals surface area contributed by atoms with Gasteiger partial charge in [-0.1, -0.05) is 16.5 Å². The summed E-state index contributed by atoms with van der Waals surface area (Å²) in [6.07, 6.45) is 1.18. The fraction of sp³-hybridized carbons (Fsp3) is 0. The number of aromatic nitrogens is 1. The Morgan fingerprint density at radius 1 is 1.56 bits per heavy atom. The molecule has 0 aromatic carbocycles. The molecular formula is C7H6N4O5S2. The number of sulfonamides is 1. The van der Waals surface area contributed by atoms with E-state index in [0.717, 1.165) is 6.07 Å². The van der Waals surface area contributed by atoms with Gasteiger partial charge in [-0.25, -0.2) is 8.42 Å². The second kappa shape index (κ2) is 4.27. The average molecular weight is 290 g/mol. The standard InChI is InChI=1S/C7H6N4O5S2/c8-7-4(11(12)13)3-6(17-7)18(14,15)10-5-1-2-16-9-5/h1-3H,8H2,(H,9,10). The zero-order valence-electron chi connectivity index (χ0n) is 8.56. The quantitative estimate of drug-likeness (QED) is 0.632. The number of anilines is 2. The number of nitrogens with one attached hydrogen (secondary N) is 1. The number of thiophene rings is 1. The number of rotatable bonds is 4. The molecule has 0 amide bonds. The second-order valence-electron chi connectivity index (χ2n) is 3.06. The average Bonchev–Trinajstić information content (AvgIpc) is 2.86. The highest BCUT2D eigenvalue weighted by Crippen LogP contribution is 2.34. The highest BCUT2D eigenvalue weighted by molar-refractivity contribution is 7.94. The van der Waals surface area contributed by atoms with Gasteiger partial charge in [-0.15, -0.1) is 0 Å². The molecule has 2 aromatic rings. The smallest absolute Gasteiger partial charge is 0.304 e. The molecule has 0 atom stereocenters. The molecule has 0 radical (unpaired) electrons. The molecule has 0 saturated heterocycles. The minimum absolute atomic E-state index is 0.0235. The Bertz CT molecular complexity index is 675. The number of hydrogen-bond acceptors (Lipinski definition) is 8. The lowest BCUT2D eigenvalue weighted by molar-refractivity contribution is -0.383. The Labute approximate surface area is 104 Å². The maximum absolute atomic E-state index is 11.8. The van der Waals surface area contributed by atoms with E-state index >= 15 is 0 Å². The highest BCUT2D eigenvalue weighted by Gasteiger charge is 2.25. The van der Waals surface area contributed by atoms with Crippen molar-refractivity contribution in [2.24, 2.45) is 0 Å². The van der Waals surface area contributed by atoms with Gasteiger partial charge in [0.2, 0.25) is 0 Å². The van der Waals surface area contributed by atoms with E-state index in [2.05, 4.69) is 14.4 Å². The fourth-order valence-corrected chi connectivity index (χ4v) is 3.31. The Kier molecular flexibility index (Phi) is 2.92. The maximum atomic E-state index is 11.8. The molecule has 0 aliphatic heterocycles. The molecule has 3 N–H and O–H groups in total. The molecule has 0 saturated carbocycles. The first-order chi connectivity index (χ1) is 8.40. The van der Waals surface area contributed by atoms with Gasteiger partial charge in [0.25, 0.3) is 10.0 Å².